The third kappa shape index (κ3) is 3.03. The molecule has 6 heteroatoms. The normalized spacial score (nSPS) is 10.3. The van der Waals surface area contributed by atoms with Gasteiger partial charge in [0.1, 0.15) is 0 Å². The second-order valence-electron chi connectivity index (χ2n) is 4.27. The molecule has 2 rings (SSSR count). The van der Waals surface area contributed by atoms with Crippen molar-refractivity contribution >= 4 is 17.3 Å². The summed E-state index contributed by atoms with van der Waals surface area (Å²) in [5.74, 6) is -2.42. The number of halogens is 2. The summed E-state index contributed by atoms with van der Waals surface area (Å²) in [6.07, 6.45) is 0. The lowest BCUT2D eigenvalue weighted by molar-refractivity contribution is 0.100. The van der Waals surface area contributed by atoms with E-state index in [0.717, 1.165) is 12.1 Å². The molecule has 0 saturated carbocycles. The van der Waals surface area contributed by atoms with Gasteiger partial charge < -0.3 is 16.8 Å². The second kappa shape index (κ2) is 5.56. The van der Waals surface area contributed by atoms with Crippen LogP contribution in [0.25, 0.3) is 0 Å². The van der Waals surface area contributed by atoms with Crippen molar-refractivity contribution in [1.82, 2.24) is 0 Å². The Kier molecular flexibility index (Phi) is 3.84. The maximum Gasteiger partial charge on any atom is 0.250 e. The van der Waals surface area contributed by atoms with Crippen molar-refractivity contribution in [2.24, 2.45) is 5.73 Å². The highest BCUT2D eigenvalue weighted by molar-refractivity contribution is 5.98. The van der Waals surface area contributed by atoms with Gasteiger partial charge in [0.15, 0.2) is 11.6 Å². The number of hydrogen-bond acceptors (Lipinski definition) is 3. The van der Waals surface area contributed by atoms with E-state index in [0.29, 0.717) is 11.3 Å². The Labute approximate surface area is 114 Å². The Morgan fingerprint density at radius 1 is 1.10 bits per heavy atom. The molecule has 0 aliphatic carbocycles. The number of rotatable bonds is 4. The van der Waals surface area contributed by atoms with Gasteiger partial charge >= 0.3 is 0 Å². The van der Waals surface area contributed by atoms with Gasteiger partial charge in [0.2, 0.25) is 0 Å². The molecule has 0 atom stereocenters. The van der Waals surface area contributed by atoms with Gasteiger partial charge in [-0.05, 0) is 35.9 Å². The van der Waals surface area contributed by atoms with Gasteiger partial charge in [0.05, 0.1) is 5.56 Å². The van der Waals surface area contributed by atoms with Crippen LogP contribution in [-0.4, -0.2) is 5.91 Å². The first kappa shape index (κ1) is 13.8. The molecular weight excluding hydrogens is 264 g/mol. The smallest absolute Gasteiger partial charge is 0.250 e. The predicted molar refractivity (Wildman–Crippen MR) is 73.1 cm³/mol. The number of hydrogen-bond donors (Lipinski definition) is 3. The molecule has 2 aromatic rings. The van der Waals surface area contributed by atoms with Crippen molar-refractivity contribution in [2.45, 2.75) is 6.54 Å². The molecule has 0 radical (unpaired) electrons. The minimum absolute atomic E-state index is 0.209. The molecule has 1 amide bonds. The van der Waals surface area contributed by atoms with Gasteiger partial charge in [0.25, 0.3) is 5.91 Å². The number of nitrogens with two attached hydrogens (primary N) is 2. The topological polar surface area (TPSA) is 81.1 Å². The van der Waals surface area contributed by atoms with Crippen LogP contribution in [0.5, 0.6) is 0 Å². The fraction of sp³-hybridized carbons (Fsp3) is 0.0714. The number of benzene rings is 2. The first-order valence-corrected chi connectivity index (χ1v) is 5.84. The average Bonchev–Trinajstić information content (AvgIpc) is 2.41. The standard InChI is InChI=1S/C14H13F2N3O/c15-11-3-1-8(5-12(11)16)7-19-9-2-4-13(17)10(6-9)14(18)20/h1-6,19H,7,17H2,(H2,18,20). The zero-order valence-corrected chi connectivity index (χ0v) is 10.5. The molecule has 104 valence electrons. The van der Waals surface area contributed by atoms with E-state index in [1.54, 1.807) is 12.1 Å². The van der Waals surface area contributed by atoms with Crippen LogP contribution in [0.4, 0.5) is 20.2 Å². The summed E-state index contributed by atoms with van der Waals surface area (Å²) in [4.78, 5) is 11.2. The number of primary amides is 1. The first-order chi connectivity index (χ1) is 9.47. The van der Waals surface area contributed by atoms with Crippen LogP contribution >= 0.6 is 0 Å². The van der Waals surface area contributed by atoms with Gasteiger partial charge in [-0.3, -0.25) is 4.79 Å². The highest BCUT2D eigenvalue weighted by atomic mass is 19.2. The molecule has 5 N–H and O–H groups in total. The summed E-state index contributed by atoms with van der Waals surface area (Å²) in [7, 11) is 0. The molecule has 0 saturated heterocycles. The number of carbonyl (C=O) groups excluding carboxylic acids is 1. The lowest BCUT2D eigenvalue weighted by atomic mass is 10.1. The average molecular weight is 277 g/mol. The SMILES string of the molecule is NC(=O)c1cc(NCc2ccc(F)c(F)c2)ccc1N. The summed E-state index contributed by atoms with van der Waals surface area (Å²) in [6, 6.07) is 8.36. The lowest BCUT2D eigenvalue weighted by Gasteiger charge is -2.09. The summed E-state index contributed by atoms with van der Waals surface area (Å²) in [6.45, 7) is 0.277. The Bertz CT molecular complexity index is 659. The molecule has 0 aliphatic heterocycles. The van der Waals surface area contributed by atoms with E-state index in [4.69, 9.17) is 11.5 Å². The number of nitrogens with one attached hydrogen (secondary N) is 1. The maximum absolute atomic E-state index is 13.0. The van der Waals surface area contributed by atoms with Gasteiger partial charge in [0, 0.05) is 17.9 Å². The fourth-order valence-electron chi connectivity index (χ4n) is 1.73. The van der Waals surface area contributed by atoms with Crippen LogP contribution in [0.2, 0.25) is 0 Å². The zero-order valence-electron chi connectivity index (χ0n) is 10.5. The van der Waals surface area contributed by atoms with E-state index in [1.165, 1.54) is 12.1 Å². The third-order valence-corrected chi connectivity index (χ3v) is 2.80. The van der Waals surface area contributed by atoms with Gasteiger partial charge in [-0.15, -0.1) is 0 Å². The quantitative estimate of drug-likeness (QED) is 0.750. The molecule has 4 nitrogen and oxygen atoms in total. The summed E-state index contributed by atoms with van der Waals surface area (Å²) in [5, 5.41) is 2.98. The van der Waals surface area contributed by atoms with Crippen molar-refractivity contribution in [3.8, 4) is 0 Å². The van der Waals surface area contributed by atoms with E-state index in [9.17, 15) is 13.6 Å². The molecule has 0 spiro atoms. The molecule has 0 heterocycles. The van der Waals surface area contributed by atoms with E-state index in [1.807, 2.05) is 0 Å². The minimum Gasteiger partial charge on any atom is -0.398 e. The highest BCUT2D eigenvalue weighted by Gasteiger charge is 2.07. The molecule has 20 heavy (non-hydrogen) atoms. The van der Waals surface area contributed by atoms with Crippen LogP contribution in [-0.2, 0) is 6.54 Å². The van der Waals surface area contributed by atoms with Crippen molar-refractivity contribution in [3.05, 3.63) is 59.2 Å². The minimum atomic E-state index is -0.903. The van der Waals surface area contributed by atoms with E-state index < -0.39 is 17.5 Å². The number of anilines is 2. The number of carbonyl (C=O) groups is 1. The van der Waals surface area contributed by atoms with Crippen LogP contribution in [0.1, 0.15) is 15.9 Å². The fourth-order valence-corrected chi connectivity index (χ4v) is 1.73. The van der Waals surface area contributed by atoms with Crippen LogP contribution in [0.3, 0.4) is 0 Å². The molecule has 0 bridgehead atoms. The van der Waals surface area contributed by atoms with E-state index in [2.05, 4.69) is 5.32 Å². The van der Waals surface area contributed by atoms with Crippen molar-refractivity contribution in [2.75, 3.05) is 11.1 Å². The van der Waals surface area contributed by atoms with Crippen LogP contribution in [0, 0.1) is 11.6 Å². The summed E-state index contributed by atoms with van der Waals surface area (Å²) in [5.41, 5.74) is 12.5. The van der Waals surface area contributed by atoms with E-state index in [-0.39, 0.29) is 17.8 Å². The summed E-state index contributed by atoms with van der Waals surface area (Å²) < 4.78 is 25.8. The Balaban J connectivity index is 2.12. The monoisotopic (exact) mass is 277 g/mol. The Morgan fingerprint density at radius 2 is 1.85 bits per heavy atom. The molecule has 0 fully saturated rings. The summed E-state index contributed by atoms with van der Waals surface area (Å²) >= 11 is 0. The van der Waals surface area contributed by atoms with Crippen LogP contribution in [0.15, 0.2) is 36.4 Å². The van der Waals surface area contributed by atoms with E-state index >= 15 is 0 Å². The molecular formula is C14H13F2N3O. The molecule has 0 aromatic heterocycles. The second-order valence-corrected chi connectivity index (χ2v) is 4.27. The van der Waals surface area contributed by atoms with Gasteiger partial charge in [-0.2, -0.15) is 0 Å². The Morgan fingerprint density at radius 3 is 2.50 bits per heavy atom. The lowest BCUT2D eigenvalue weighted by Crippen LogP contribution is -2.14. The van der Waals surface area contributed by atoms with Crippen LogP contribution < -0.4 is 16.8 Å². The zero-order chi connectivity index (χ0) is 14.7. The van der Waals surface area contributed by atoms with Crippen molar-refractivity contribution < 1.29 is 13.6 Å². The Hall–Kier alpha value is -2.63. The van der Waals surface area contributed by atoms with Gasteiger partial charge in [-0.1, -0.05) is 6.07 Å². The number of nitrogen functional groups attached to an aromatic ring is 1. The molecule has 0 unspecified atom stereocenters. The van der Waals surface area contributed by atoms with Crippen molar-refractivity contribution in [3.63, 3.8) is 0 Å². The van der Waals surface area contributed by atoms with Gasteiger partial charge in [-0.25, -0.2) is 8.78 Å². The molecule has 2 aromatic carbocycles. The third-order valence-electron chi connectivity index (χ3n) is 2.80. The highest BCUT2D eigenvalue weighted by Crippen LogP contribution is 2.18. The van der Waals surface area contributed by atoms with Crippen molar-refractivity contribution in [1.29, 1.82) is 0 Å². The maximum atomic E-state index is 13.0. The number of amides is 1. The predicted octanol–water partition coefficient (Wildman–Crippen LogP) is 2.26. The molecule has 0 aliphatic rings. The largest absolute Gasteiger partial charge is 0.398 e. The first-order valence-electron chi connectivity index (χ1n) is 5.84.